The number of benzene rings is 1. The van der Waals surface area contributed by atoms with Crippen molar-refractivity contribution in [1.29, 1.82) is 0 Å². The van der Waals surface area contributed by atoms with E-state index in [9.17, 15) is 19.5 Å². The molecule has 6 atom stereocenters. The first-order valence-electron chi connectivity index (χ1n) is 11.5. The number of thioether (sulfide) groups is 1. The van der Waals surface area contributed by atoms with E-state index in [-0.39, 0.29) is 35.5 Å². The van der Waals surface area contributed by atoms with Crippen LogP contribution < -0.4 is 10.6 Å². The number of nitrogens with zero attached hydrogens (tertiary/aromatic N) is 1. The number of nitrogens with one attached hydrogen (secondary N) is 2. The van der Waals surface area contributed by atoms with Crippen LogP contribution in [0.5, 0.6) is 0 Å². The molecule has 1 spiro atoms. The lowest BCUT2D eigenvalue weighted by atomic mass is 9.71. The van der Waals surface area contributed by atoms with Crippen LogP contribution in [0.25, 0.3) is 0 Å². The van der Waals surface area contributed by atoms with Gasteiger partial charge in [-0.2, -0.15) is 0 Å². The van der Waals surface area contributed by atoms with E-state index >= 15 is 0 Å². The number of aliphatic hydroxyl groups is 1. The second-order valence-electron chi connectivity index (χ2n) is 9.59. The predicted octanol–water partition coefficient (Wildman–Crippen LogP) is 1.55. The van der Waals surface area contributed by atoms with Crippen molar-refractivity contribution in [1.82, 2.24) is 15.5 Å². The number of carbonyl (C=O) groups is 3. The van der Waals surface area contributed by atoms with Gasteiger partial charge in [-0.25, -0.2) is 0 Å². The average molecular weight is 460 g/mol. The van der Waals surface area contributed by atoms with E-state index in [2.05, 4.69) is 10.6 Å². The first-order chi connectivity index (χ1) is 15.3. The van der Waals surface area contributed by atoms with Crippen LogP contribution in [0.4, 0.5) is 0 Å². The molecule has 174 valence electrons. The molecule has 0 aromatic heterocycles. The van der Waals surface area contributed by atoms with Gasteiger partial charge in [-0.3, -0.25) is 14.4 Å². The Morgan fingerprint density at radius 3 is 2.59 bits per heavy atom. The van der Waals surface area contributed by atoms with Crippen molar-refractivity contribution in [3.05, 3.63) is 35.9 Å². The topological polar surface area (TPSA) is 98.7 Å². The largest absolute Gasteiger partial charge is 0.394 e. The zero-order valence-corrected chi connectivity index (χ0v) is 19.7. The highest BCUT2D eigenvalue weighted by molar-refractivity contribution is 8.02. The van der Waals surface area contributed by atoms with Gasteiger partial charge in [0, 0.05) is 18.8 Å². The number of carbonyl (C=O) groups excluding carboxylic acids is 3. The highest BCUT2D eigenvalue weighted by atomic mass is 32.2. The van der Waals surface area contributed by atoms with Gasteiger partial charge in [-0.15, -0.1) is 11.8 Å². The van der Waals surface area contributed by atoms with E-state index < -0.39 is 28.7 Å². The summed E-state index contributed by atoms with van der Waals surface area (Å²) in [5, 5.41) is 16.0. The minimum atomic E-state index is -0.690. The third kappa shape index (κ3) is 3.71. The summed E-state index contributed by atoms with van der Waals surface area (Å²) in [7, 11) is 1.60. The molecule has 3 aliphatic rings. The predicted molar refractivity (Wildman–Crippen MR) is 124 cm³/mol. The summed E-state index contributed by atoms with van der Waals surface area (Å²) in [4.78, 5) is 41.9. The highest BCUT2D eigenvalue weighted by Crippen LogP contribution is 2.66. The van der Waals surface area contributed by atoms with Gasteiger partial charge in [-0.05, 0) is 30.7 Å². The Kier molecular flexibility index (Phi) is 6.54. The SMILES string of the molecule is CNC(=O)[C@@H]1[C@@H]2CCC3(S2)C(C(=O)NCc2ccccc2)N([C@@H](CO)CC(C)C)C(=O)[C@H]13. The van der Waals surface area contributed by atoms with Crippen LogP contribution in [0.15, 0.2) is 30.3 Å². The summed E-state index contributed by atoms with van der Waals surface area (Å²) >= 11 is 1.65. The van der Waals surface area contributed by atoms with Crippen LogP contribution >= 0.6 is 11.8 Å². The lowest BCUT2D eigenvalue weighted by Gasteiger charge is -2.37. The van der Waals surface area contributed by atoms with Crippen molar-refractivity contribution in [3.63, 3.8) is 0 Å². The highest BCUT2D eigenvalue weighted by Gasteiger charge is 2.74. The van der Waals surface area contributed by atoms with E-state index in [1.165, 1.54) is 0 Å². The van der Waals surface area contributed by atoms with E-state index in [4.69, 9.17) is 0 Å². The monoisotopic (exact) mass is 459 g/mol. The molecule has 1 aromatic carbocycles. The average Bonchev–Trinajstić information content (AvgIpc) is 3.43. The molecule has 7 nitrogen and oxygen atoms in total. The van der Waals surface area contributed by atoms with E-state index in [0.29, 0.717) is 13.0 Å². The van der Waals surface area contributed by atoms with Crippen molar-refractivity contribution < 1.29 is 19.5 Å². The van der Waals surface area contributed by atoms with Crippen LogP contribution in [0.3, 0.4) is 0 Å². The van der Waals surface area contributed by atoms with Crippen molar-refractivity contribution in [2.75, 3.05) is 13.7 Å². The normalized spacial score (nSPS) is 31.7. The number of amides is 3. The molecule has 3 fully saturated rings. The van der Waals surface area contributed by atoms with Gasteiger partial charge in [-0.1, -0.05) is 44.2 Å². The summed E-state index contributed by atoms with van der Waals surface area (Å²) in [5.74, 6) is -1.19. The molecule has 3 amide bonds. The summed E-state index contributed by atoms with van der Waals surface area (Å²) in [6, 6.07) is 8.54. The first kappa shape index (κ1) is 23.1. The zero-order valence-electron chi connectivity index (χ0n) is 18.9. The summed E-state index contributed by atoms with van der Waals surface area (Å²) < 4.78 is -0.621. The summed E-state index contributed by atoms with van der Waals surface area (Å²) in [5.41, 5.74) is 0.985. The lowest BCUT2D eigenvalue weighted by Crippen LogP contribution is -2.56. The van der Waals surface area contributed by atoms with Crippen LogP contribution in [0.1, 0.15) is 38.7 Å². The van der Waals surface area contributed by atoms with E-state index in [0.717, 1.165) is 18.4 Å². The quantitative estimate of drug-likeness (QED) is 0.548. The third-order valence-corrected chi connectivity index (χ3v) is 9.14. The van der Waals surface area contributed by atoms with Gasteiger partial charge in [0.05, 0.1) is 29.2 Å². The molecule has 3 N–H and O–H groups in total. The van der Waals surface area contributed by atoms with Crippen molar-refractivity contribution in [2.24, 2.45) is 17.8 Å². The van der Waals surface area contributed by atoms with Gasteiger partial charge in [0.15, 0.2) is 0 Å². The van der Waals surface area contributed by atoms with Crippen LogP contribution in [0, 0.1) is 17.8 Å². The molecule has 4 rings (SSSR count). The fourth-order valence-corrected chi connectivity index (χ4v) is 8.16. The Labute approximate surface area is 193 Å². The smallest absolute Gasteiger partial charge is 0.244 e. The number of aliphatic hydroxyl groups excluding tert-OH is 1. The molecule has 0 aliphatic carbocycles. The summed E-state index contributed by atoms with van der Waals surface area (Å²) in [6.07, 6.45) is 2.15. The number of fused-ring (bicyclic) bond motifs is 1. The molecular weight excluding hydrogens is 426 g/mol. The van der Waals surface area contributed by atoms with Crippen LogP contribution in [-0.2, 0) is 20.9 Å². The summed E-state index contributed by atoms with van der Waals surface area (Å²) in [6.45, 7) is 4.26. The number of hydrogen-bond donors (Lipinski definition) is 3. The Balaban J connectivity index is 1.69. The molecule has 2 unspecified atom stereocenters. The van der Waals surface area contributed by atoms with Gasteiger partial charge in [0.25, 0.3) is 0 Å². The standard InChI is InChI=1S/C24H33N3O4S/c1-14(2)11-16(13-28)27-20(22(30)26-12-15-7-5-4-6-8-15)24-10-9-17(32-24)18(21(29)25-3)19(24)23(27)31/h4-8,14,16-20,28H,9-13H2,1-3H3,(H,25,29)(H,26,30)/t16-,17+,18-,19+,20?,24?/m1/s1. The van der Waals surface area contributed by atoms with E-state index in [1.54, 1.807) is 23.7 Å². The molecule has 8 heteroatoms. The fraction of sp³-hybridized carbons (Fsp3) is 0.625. The van der Waals surface area contributed by atoms with Crippen molar-refractivity contribution in [2.45, 2.75) is 61.7 Å². The lowest BCUT2D eigenvalue weighted by molar-refractivity contribution is -0.143. The maximum atomic E-state index is 13.8. The number of rotatable bonds is 8. The molecule has 3 aliphatic heterocycles. The zero-order chi connectivity index (χ0) is 23.0. The molecule has 32 heavy (non-hydrogen) atoms. The van der Waals surface area contributed by atoms with Crippen LogP contribution in [-0.4, -0.2) is 63.5 Å². The molecule has 3 heterocycles. The Morgan fingerprint density at radius 1 is 1.25 bits per heavy atom. The van der Waals surface area contributed by atoms with Gasteiger partial charge in [0.1, 0.15) is 6.04 Å². The maximum absolute atomic E-state index is 13.8. The molecule has 1 aromatic rings. The molecular formula is C24H33N3O4S. The third-order valence-electron chi connectivity index (χ3n) is 7.19. The fourth-order valence-electron chi connectivity index (χ4n) is 5.95. The molecule has 2 bridgehead atoms. The molecule has 3 saturated heterocycles. The maximum Gasteiger partial charge on any atom is 0.244 e. The number of likely N-dealkylation sites (tertiary alicyclic amines) is 1. The van der Waals surface area contributed by atoms with E-state index in [1.807, 2.05) is 44.2 Å². The van der Waals surface area contributed by atoms with Gasteiger partial charge < -0.3 is 20.6 Å². The second kappa shape index (κ2) is 9.06. The Hall–Kier alpha value is -2.06. The minimum Gasteiger partial charge on any atom is -0.394 e. The number of hydrogen-bond acceptors (Lipinski definition) is 5. The molecule has 0 radical (unpaired) electrons. The molecule has 0 saturated carbocycles. The van der Waals surface area contributed by atoms with Gasteiger partial charge >= 0.3 is 0 Å². The Morgan fingerprint density at radius 2 is 1.97 bits per heavy atom. The van der Waals surface area contributed by atoms with Crippen molar-refractivity contribution >= 4 is 29.5 Å². The first-order valence-corrected chi connectivity index (χ1v) is 12.4. The van der Waals surface area contributed by atoms with Crippen LogP contribution in [0.2, 0.25) is 0 Å². The Bertz CT molecular complexity index is 879. The van der Waals surface area contributed by atoms with Gasteiger partial charge in [0.2, 0.25) is 17.7 Å². The second-order valence-corrected chi connectivity index (χ2v) is 11.2. The minimum absolute atomic E-state index is 0.0492. The van der Waals surface area contributed by atoms with Crippen molar-refractivity contribution in [3.8, 4) is 0 Å².